The standard InChI is InChI=1S/C33H41F3N8O2S2/c1-20(43-12-8-26(9-13-43)48(3,45)46)18-44-24(17-37)14-27-21(2)22(4-5-29(27)44)19-42-10-6-23(7-11-42)39-30-28-15-25(16-33(34,35)36)47-31(28)41-32(38)40-30/h4-5,14-15,20,23,26H,6-13,16,18-19H2,1-3H3,(H3,38,39,40,41)/t20-/m0/s1. The molecule has 3 N–H and O–H groups in total. The number of nitrogen functional groups attached to an aromatic ring is 1. The number of benzene rings is 1. The van der Waals surface area contributed by atoms with Gasteiger partial charge in [-0.1, -0.05) is 6.07 Å². The fraction of sp³-hybridized carbons (Fsp3) is 0.545. The Morgan fingerprint density at radius 1 is 1.10 bits per heavy atom. The predicted molar refractivity (Wildman–Crippen MR) is 184 cm³/mol. The lowest BCUT2D eigenvalue weighted by Gasteiger charge is -2.35. The number of nitriles is 1. The van der Waals surface area contributed by atoms with Gasteiger partial charge >= 0.3 is 6.18 Å². The zero-order valence-electron chi connectivity index (χ0n) is 27.3. The summed E-state index contributed by atoms with van der Waals surface area (Å²) in [4.78, 5) is 13.8. The van der Waals surface area contributed by atoms with Crippen LogP contribution in [0.4, 0.5) is 24.9 Å². The van der Waals surface area contributed by atoms with Gasteiger partial charge in [-0.2, -0.15) is 23.4 Å². The highest BCUT2D eigenvalue weighted by atomic mass is 32.2. The molecule has 0 radical (unpaired) electrons. The van der Waals surface area contributed by atoms with Crippen LogP contribution in [-0.4, -0.2) is 88.7 Å². The number of sulfone groups is 1. The summed E-state index contributed by atoms with van der Waals surface area (Å²) in [6.07, 6.45) is -1.05. The first-order valence-electron chi connectivity index (χ1n) is 16.2. The Morgan fingerprint density at radius 3 is 2.46 bits per heavy atom. The van der Waals surface area contributed by atoms with Crippen molar-refractivity contribution >= 4 is 54.1 Å². The van der Waals surface area contributed by atoms with E-state index in [1.165, 1.54) is 17.9 Å². The highest BCUT2D eigenvalue weighted by Crippen LogP contribution is 2.34. The molecule has 6 rings (SSSR count). The molecule has 15 heteroatoms. The molecule has 2 aliphatic heterocycles. The number of thiophene rings is 1. The number of alkyl halides is 3. The van der Waals surface area contributed by atoms with Crippen LogP contribution in [0.15, 0.2) is 24.3 Å². The van der Waals surface area contributed by atoms with Gasteiger partial charge in [-0.05, 0) is 81.9 Å². The Hall–Kier alpha value is -3.45. The second-order valence-corrected chi connectivity index (χ2v) is 16.7. The monoisotopic (exact) mass is 702 g/mol. The van der Waals surface area contributed by atoms with Gasteiger partial charge in [-0.15, -0.1) is 11.3 Å². The number of likely N-dealkylation sites (tertiary alicyclic amines) is 2. The average molecular weight is 703 g/mol. The molecule has 1 atom stereocenters. The van der Waals surface area contributed by atoms with Crippen LogP contribution in [0.3, 0.4) is 0 Å². The number of aryl methyl sites for hydroxylation is 1. The number of nitrogens with one attached hydrogen (secondary N) is 1. The number of rotatable bonds is 9. The van der Waals surface area contributed by atoms with Crippen molar-refractivity contribution in [1.82, 2.24) is 24.3 Å². The normalized spacial score (nSPS) is 18.4. The number of piperidine rings is 2. The molecule has 1 aromatic carbocycles. The lowest BCUT2D eigenvalue weighted by Crippen LogP contribution is -2.44. The fourth-order valence-electron chi connectivity index (χ4n) is 7.16. The minimum atomic E-state index is -4.30. The predicted octanol–water partition coefficient (Wildman–Crippen LogP) is 5.49. The van der Waals surface area contributed by atoms with E-state index in [1.54, 1.807) is 0 Å². The Morgan fingerprint density at radius 2 is 1.81 bits per heavy atom. The summed E-state index contributed by atoms with van der Waals surface area (Å²) in [6.45, 7) is 8.78. The molecule has 48 heavy (non-hydrogen) atoms. The van der Waals surface area contributed by atoms with Crippen molar-refractivity contribution in [2.45, 2.75) is 82.6 Å². The van der Waals surface area contributed by atoms with E-state index >= 15 is 0 Å². The molecular formula is C33H41F3N8O2S2. The number of nitrogens with zero attached hydrogens (tertiary/aromatic N) is 6. The van der Waals surface area contributed by atoms with Gasteiger partial charge in [0.05, 0.1) is 17.1 Å². The van der Waals surface area contributed by atoms with E-state index in [0.29, 0.717) is 41.1 Å². The molecule has 3 aromatic heterocycles. The Bertz CT molecular complexity index is 1950. The zero-order valence-corrected chi connectivity index (χ0v) is 29.0. The van der Waals surface area contributed by atoms with Gasteiger partial charge in [0, 0.05) is 60.3 Å². The molecule has 4 aromatic rings. The molecule has 0 spiro atoms. The molecule has 5 heterocycles. The third-order valence-electron chi connectivity index (χ3n) is 9.89. The van der Waals surface area contributed by atoms with Gasteiger partial charge in [0.2, 0.25) is 5.95 Å². The maximum atomic E-state index is 13.0. The molecule has 0 amide bonds. The third kappa shape index (κ3) is 7.56. The van der Waals surface area contributed by atoms with Crippen molar-refractivity contribution < 1.29 is 21.6 Å². The largest absolute Gasteiger partial charge is 0.393 e. The lowest BCUT2D eigenvalue weighted by atomic mass is 10.0. The molecule has 10 nitrogen and oxygen atoms in total. The van der Waals surface area contributed by atoms with Gasteiger partial charge < -0.3 is 15.6 Å². The van der Waals surface area contributed by atoms with E-state index in [2.05, 4.69) is 61.7 Å². The van der Waals surface area contributed by atoms with Crippen molar-refractivity contribution in [2.75, 3.05) is 43.5 Å². The number of hydrogen-bond acceptors (Lipinski definition) is 10. The topological polar surface area (TPSA) is 133 Å². The van der Waals surface area contributed by atoms with Crippen molar-refractivity contribution in [3.63, 3.8) is 0 Å². The summed E-state index contributed by atoms with van der Waals surface area (Å²) < 4.78 is 65.1. The van der Waals surface area contributed by atoms with E-state index in [1.807, 2.05) is 6.07 Å². The zero-order chi connectivity index (χ0) is 34.4. The molecule has 0 aliphatic carbocycles. The van der Waals surface area contributed by atoms with Gasteiger partial charge in [0.1, 0.15) is 32.2 Å². The highest BCUT2D eigenvalue weighted by Gasteiger charge is 2.31. The maximum Gasteiger partial charge on any atom is 0.393 e. The third-order valence-corrected chi connectivity index (χ3v) is 12.6. The van der Waals surface area contributed by atoms with E-state index in [-0.39, 0.29) is 28.2 Å². The van der Waals surface area contributed by atoms with E-state index in [0.717, 1.165) is 73.4 Å². The van der Waals surface area contributed by atoms with Crippen LogP contribution in [0.5, 0.6) is 0 Å². The van der Waals surface area contributed by atoms with Gasteiger partial charge in [0.25, 0.3) is 0 Å². The number of fused-ring (bicyclic) bond motifs is 2. The number of nitrogens with two attached hydrogens (primary N) is 1. The molecular weight excluding hydrogens is 662 g/mol. The summed E-state index contributed by atoms with van der Waals surface area (Å²) in [5.41, 5.74) is 9.89. The summed E-state index contributed by atoms with van der Waals surface area (Å²) in [7, 11) is -3.03. The quantitative estimate of drug-likeness (QED) is 0.233. The molecule has 0 bridgehead atoms. The Balaban J connectivity index is 1.09. The summed E-state index contributed by atoms with van der Waals surface area (Å²) in [5.74, 6) is 0.512. The van der Waals surface area contributed by atoms with Gasteiger partial charge in [-0.25, -0.2) is 13.4 Å². The van der Waals surface area contributed by atoms with E-state index in [4.69, 9.17) is 5.73 Å². The van der Waals surface area contributed by atoms with E-state index in [9.17, 15) is 26.9 Å². The van der Waals surface area contributed by atoms with Crippen LogP contribution >= 0.6 is 11.3 Å². The molecule has 0 unspecified atom stereocenters. The highest BCUT2D eigenvalue weighted by molar-refractivity contribution is 7.91. The molecule has 2 saturated heterocycles. The lowest BCUT2D eigenvalue weighted by molar-refractivity contribution is -0.126. The van der Waals surface area contributed by atoms with Crippen LogP contribution in [0.25, 0.3) is 21.1 Å². The second kappa shape index (κ2) is 13.5. The average Bonchev–Trinajstić information content (AvgIpc) is 3.58. The first-order chi connectivity index (χ1) is 22.7. The molecule has 2 fully saturated rings. The first kappa shape index (κ1) is 34.4. The smallest absolute Gasteiger partial charge is 0.368 e. The van der Waals surface area contributed by atoms with Crippen molar-refractivity contribution in [3.8, 4) is 6.07 Å². The van der Waals surface area contributed by atoms with Crippen molar-refractivity contribution in [3.05, 3.63) is 46.0 Å². The molecule has 0 saturated carbocycles. The second-order valence-electron chi connectivity index (χ2n) is 13.3. The number of anilines is 2. The van der Waals surface area contributed by atoms with Crippen molar-refractivity contribution in [2.24, 2.45) is 0 Å². The maximum absolute atomic E-state index is 13.0. The minimum absolute atomic E-state index is 0.0331. The van der Waals surface area contributed by atoms with Crippen LogP contribution < -0.4 is 11.1 Å². The first-order valence-corrected chi connectivity index (χ1v) is 19.0. The van der Waals surface area contributed by atoms with Crippen LogP contribution in [0, 0.1) is 18.3 Å². The summed E-state index contributed by atoms with van der Waals surface area (Å²) in [5, 5.41) is 14.8. The van der Waals surface area contributed by atoms with Crippen molar-refractivity contribution in [1.29, 1.82) is 5.26 Å². The summed E-state index contributed by atoms with van der Waals surface area (Å²) in [6, 6.07) is 10.4. The van der Waals surface area contributed by atoms with Crippen LogP contribution in [0.1, 0.15) is 54.3 Å². The SMILES string of the molecule is Cc1c(CN2CCC(Nc3nc(N)nc4sc(CC(F)(F)F)cc34)CC2)ccc2c1cc(C#N)n2C[C@H](C)N1CCC(S(C)(=O)=O)CC1. The molecule has 258 valence electrons. The molecule has 2 aliphatic rings. The van der Waals surface area contributed by atoms with Gasteiger partial charge in [-0.3, -0.25) is 9.80 Å². The van der Waals surface area contributed by atoms with Crippen LogP contribution in [-0.2, 0) is 29.3 Å². The number of hydrogen-bond donors (Lipinski definition) is 2. The fourth-order valence-corrected chi connectivity index (χ4v) is 9.29. The Kier molecular flexibility index (Phi) is 9.65. The minimum Gasteiger partial charge on any atom is -0.368 e. The van der Waals surface area contributed by atoms with Crippen LogP contribution in [0.2, 0.25) is 0 Å². The number of halogens is 3. The number of aromatic nitrogens is 3. The van der Waals surface area contributed by atoms with Gasteiger partial charge in [0.15, 0.2) is 0 Å². The van der Waals surface area contributed by atoms with E-state index < -0.39 is 22.4 Å². The summed E-state index contributed by atoms with van der Waals surface area (Å²) >= 11 is 0.993. The Labute approximate surface area is 282 Å².